The van der Waals surface area contributed by atoms with Crippen LogP contribution in [0.25, 0.3) is 10.8 Å². The first-order chi connectivity index (χ1) is 28.3. The van der Waals surface area contributed by atoms with Crippen LogP contribution in [0, 0.1) is 17.8 Å². The Kier molecular flexibility index (Phi) is 15.1. The molecule has 2 amide bonds. The Balaban J connectivity index is 1.60. The number of carbonyl (C=O) groups is 2. The van der Waals surface area contributed by atoms with Gasteiger partial charge in [-0.25, -0.2) is 9.59 Å². The van der Waals surface area contributed by atoms with Crippen molar-refractivity contribution in [3.8, 4) is 11.5 Å². The molecule has 0 radical (unpaired) electrons. The summed E-state index contributed by atoms with van der Waals surface area (Å²) in [5.41, 5.74) is 3.27. The highest BCUT2D eigenvalue weighted by atomic mass is 35.5. The molecule has 1 saturated carbocycles. The summed E-state index contributed by atoms with van der Waals surface area (Å²) >= 11 is 6.09. The second kappa shape index (κ2) is 20.4. The van der Waals surface area contributed by atoms with Gasteiger partial charge in [0.25, 0.3) is 0 Å². The van der Waals surface area contributed by atoms with Crippen molar-refractivity contribution in [3.63, 3.8) is 0 Å². The summed E-state index contributed by atoms with van der Waals surface area (Å²) in [6, 6.07) is 18.6. The first kappa shape index (κ1) is 43.0. The van der Waals surface area contributed by atoms with Crippen LogP contribution in [0.5, 0.6) is 11.5 Å². The van der Waals surface area contributed by atoms with Gasteiger partial charge in [0, 0.05) is 37.7 Å². The number of carbonyl (C=O) groups excluding carboxylic acids is 2. The number of nitrogens with one attached hydrogen (secondary N) is 1. The van der Waals surface area contributed by atoms with Crippen LogP contribution >= 0.6 is 11.6 Å². The Morgan fingerprint density at radius 3 is 2.59 bits per heavy atom. The zero-order chi connectivity index (χ0) is 41.1. The van der Waals surface area contributed by atoms with Gasteiger partial charge in [0.1, 0.15) is 31.3 Å². The first-order valence-electron chi connectivity index (χ1n) is 20.4. The predicted octanol–water partition coefficient (Wildman–Crippen LogP) is 8.09. The maximum Gasteiger partial charge on any atom is 0.412 e. The fourth-order valence-electron chi connectivity index (χ4n) is 9.23. The zero-order valence-electron chi connectivity index (χ0n) is 33.4. The second-order valence-electron chi connectivity index (χ2n) is 14.9. The van der Waals surface area contributed by atoms with Crippen molar-refractivity contribution in [3.05, 3.63) is 96.1 Å². The first-order valence-corrected chi connectivity index (χ1v) is 20.9. The third kappa shape index (κ3) is 9.15. The van der Waals surface area contributed by atoms with Crippen molar-refractivity contribution >= 4 is 40.3 Å². The van der Waals surface area contributed by atoms with Gasteiger partial charge >= 0.3 is 12.2 Å². The molecule has 6 atom stereocenters. The molecule has 12 nitrogen and oxygen atoms in total. The van der Waals surface area contributed by atoms with E-state index in [1.807, 2.05) is 55.5 Å². The average molecular weight is 818 g/mol. The van der Waals surface area contributed by atoms with E-state index in [1.54, 1.807) is 23.1 Å². The fraction of sp³-hybridized carbons (Fsp3) is 0.489. The SMILES string of the molecule is C=CCOC12Oc3ccc(OC(=O)NCC)cc3C3C(CCCCO)C(CCCCO)C=C(C(=NOC)CC1N(Cc1cccc4ccccc14)C(=O)OCCCl)C32. The van der Waals surface area contributed by atoms with Gasteiger partial charge in [0.05, 0.1) is 30.7 Å². The molecule has 3 aliphatic rings. The van der Waals surface area contributed by atoms with E-state index in [-0.39, 0.29) is 63.0 Å². The second-order valence-corrected chi connectivity index (χ2v) is 15.3. The molecular weight excluding hydrogens is 762 g/mol. The van der Waals surface area contributed by atoms with Crippen molar-refractivity contribution in [2.24, 2.45) is 22.9 Å². The van der Waals surface area contributed by atoms with Crippen LogP contribution in [0.3, 0.4) is 0 Å². The van der Waals surface area contributed by atoms with Crippen molar-refractivity contribution in [2.45, 2.75) is 76.2 Å². The van der Waals surface area contributed by atoms with Crippen LogP contribution in [0.1, 0.15) is 68.9 Å². The number of unbranched alkanes of at least 4 members (excludes halogenated alkanes) is 2. The van der Waals surface area contributed by atoms with Crippen molar-refractivity contribution in [1.82, 2.24) is 10.2 Å². The van der Waals surface area contributed by atoms with Crippen LogP contribution in [0.4, 0.5) is 9.59 Å². The van der Waals surface area contributed by atoms with Gasteiger partial charge in [-0.05, 0) is 84.6 Å². The fourth-order valence-corrected chi connectivity index (χ4v) is 9.31. The lowest BCUT2D eigenvalue weighted by Gasteiger charge is -2.59. The highest BCUT2D eigenvalue weighted by Crippen LogP contribution is 2.62. The van der Waals surface area contributed by atoms with Crippen LogP contribution in [0.2, 0.25) is 0 Å². The molecule has 6 rings (SSSR count). The number of ether oxygens (including phenoxy) is 4. The van der Waals surface area contributed by atoms with Gasteiger partial charge in [-0.15, -0.1) is 18.2 Å². The minimum Gasteiger partial charge on any atom is -0.459 e. The summed E-state index contributed by atoms with van der Waals surface area (Å²) < 4.78 is 25.9. The number of hydrogen-bond acceptors (Lipinski definition) is 10. The third-order valence-corrected chi connectivity index (χ3v) is 11.7. The number of rotatable bonds is 19. The molecule has 13 heteroatoms. The highest BCUT2D eigenvalue weighted by Gasteiger charge is 2.65. The summed E-state index contributed by atoms with van der Waals surface area (Å²) in [5, 5.41) is 29.1. The molecule has 3 aromatic rings. The van der Waals surface area contributed by atoms with E-state index >= 15 is 0 Å². The number of aliphatic hydroxyl groups excluding tert-OH is 2. The molecule has 58 heavy (non-hydrogen) atoms. The van der Waals surface area contributed by atoms with Crippen molar-refractivity contribution in [2.75, 3.05) is 46.0 Å². The van der Waals surface area contributed by atoms with Gasteiger partial charge in [-0.1, -0.05) is 72.6 Å². The lowest BCUT2D eigenvalue weighted by atomic mass is 9.55. The molecule has 1 heterocycles. The molecule has 0 spiro atoms. The quantitative estimate of drug-likeness (QED) is 0.0473. The van der Waals surface area contributed by atoms with E-state index in [1.165, 1.54) is 7.11 Å². The number of fused-ring (bicyclic) bond motifs is 3. The number of allylic oxidation sites excluding steroid dienone is 1. The van der Waals surface area contributed by atoms with Gasteiger partial charge in [0.15, 0.2) is 0 Å². The molecular formula is C45H56ClN3O9. The summed E-state index contributed by atoms with van der Waals surface area (Å²) in [6.45, 7) is 6.64. The smallest absolute Gasteiger partial charge is 0.412 e. The Bertz CT molecular complexity index is 1950. The summed E-state index contributed by atoms with van der Waals surface area (Å²) in [7, 11) is 1.51. The van der Waals surface area contributed by atoms with Crippen molar-refractivity contribution < 1.29 is 43.6 Å². The Labute approximate surface area is 345 Å². The summed E-state index contributed by atoms with van der Waals surface area (Å²) in [6.07, 6.45) is 7.38. The minimum atomic E-state index is -1.50. The molecule has 312 valence electrons. The molecule has 0 aromatic heterocycles. The van der Waals surface area contributed by atoms with Gasteiger partial charge < -0.3 is 39.3 Å². The predicted molar refractivity (Wildman–Crippen MR) is 223 cm³/mol. The molecule has 0 saturated heterocycles. The molecule has 3 N–H and O–H groups in total. The maximum atomic E-state index is 14.6. The van der Waals surface area contributed by atoms with Crippen LogP contribution < -0.4 is 14.8 Å². The summed E-state index contributed by atoms with van der Waals surface area (Å²) in [5.74, 6) is -1.31. The Hall–Kier alpha value is -4.62. The highest BCUT2D eigenvalue weighted by molar-refractivity contribution is 6.18. The monoisotopic (exact) mass is 817 g/mol. The van der Waals surface area contributed by atoms with E-state index in [0.29, 0.717) is 36.6 Å². The van der Waals surface area contributed by atoms with E-state index in [0.717, 1.165) is 53.2 Å². The van der Waals surface area contributed by atoms with Crippen LogP contribution in [-0.4, -0.2) is 90.8 Å². The Morgan fingerprint density at radius 1 is 1.07 bits per heavy atom. The average Bonchev–Trinajstić information content (AvgIpc) is 3.23. The molecule has 6 unspecified atom stereocenters. The van der Waals surface area contributed by atoms with Gasteiger partial charge in [-0.3, -0.25) is 4.90 Å². The van der Waals surface area contributed by atoms with Gasteiger partial charge in [0.2, 0.25) is 5.79 Å². The van der Waals surface area contributed by atoms with E-state index < -0.39 is 29.9 Å². The lowest BCUT2D eigenvalue weighted by molar-refractivity contribution is -0.256. The maximum absolute atomic E-state index is 14.6. The molecule has 0 bridgehead atoms. The number of aliphatic hydroxyl groups is 2. The number of oxime groups is 1. The molecule has 3 aromatic carbocycles. The van der Waals surface area contributed by atoms with E-state index in [9.17, 15) is 19.8 Å². The normalized spacial score (nSPS) is 23.8. The number of halogens is 1. The lowest BCUT2D eigenvalue weighted by Crippen LogP contribution is -2.70. The number of amides is 2. The zero-order valence-corrected chi connectivity index (χ0v) is 34.2. The van der Waals surface area contributed by atoms with E-state index in [2.05, 4.69) is 23.1 Å². The Morgan fingerprint density at radius 2 is 1.84 bits per heavy atom. The number of benzene rings is 3. The van der Waals surface area contributed by atoms with E-state index in [4.69, 9.17) is 35.4 Å². The standard InChI is InChI=1S/C45H56ClN3O9/c1-4-24-56-45-40(49(44(53)55-25-21-46)29-32-16-12-15-30-13-6-7-17-34(30)32)28-38(48-54-3)36-26-31(14-8-10-22-50)35(18-9-11-23-51)41(42(36)45)37-27-33(19-20-39(37)58-45)57-43(52)47-5-2/h4,6-7,12-13,15-17,19-20,26-27,31,35,40-42,50-51H,1,5,8-11,14,18,21-25,28-29H2,2-3H3,(H,47,52). The number of hydrogen-bond donors (Lipinski definition) is 3. The van der Waals surface area contributed by atoms with Crippen LogP contribution in [-0.2, 0) is 20.9 Å². The topological polar surface area (TPSA) is 148 Å². The third-order valence-electron chi connectivity index (χ3n) is 11.5. The molecule has 2 aliphatic carbocycles. The molecule has 1 fully saturated rings. The largest absolute Gasteiger partial charge is 0.459 e. The van der Waals surface area contributed by atoms with Gasteiger partial charge in [-0.2, -0.15) is 0 Å². The molecule has 1 aliphatic heterocycles. The summed E-state index contributed by atoms with van der Waals surface area (Å²) in [4.78, 5) is 34.5. The number of nitrogens with zero attached hydrogens (tertiary/aromatic N) is 2. The van der Waals surface area contributed by atoms with Crippen LogP contribution in [0.15, 0.2) is 90.1 Å². The minimum absolute atomic E-state index is 0.00356. The number of alkyl halides is 1. The van der Waals surface area contributed by atoms with Crippen molar-refractivity contribution in [1.29, 1.82) is 0 Å².